The number of hydrogen-bond acceptors (Lipinski definition) is 2. The summed E-state index contributed by atoms with van der Waals surface area (Å²) in [5.74, 6) is 1.70. The molecule has 3 atom stereocenters. The molecule has 0 amide bonds. The highest BCUT2D eigenvalue weighted by Gasteiger charge is 2.39. The summed E-state index contributed by atoms with van der Waals surface area (Å²) in [5, 5.41) is 0. The lowest BCUT2D eigenvalue weighted by molar-refractivity contribution is 0.318. The molecule has 2 fully saturated rings. The topological polar surface area (TPSA) is 29.3 Å². The molecule has 1 heterocycles. The van der Waals surface area contributed by atoms with Crippen LogP contribution in [0, 0.1) is 5.92 Å². The predicted molar refractivity (Wildman–Crippen MR) is 66.3 cm³/mol. The molecule has 0 aromatic heterocycles. The third kappa shape index (κ3) is 2.13. The SMILES string of the molecule is NC1CCN(CC2CC2c2ccccc2)C1. The summed E-state index contributed by atoms with van der Waals surface area (Å²) in [6.07, 6.45) is 2.55. The van der Waals surface area contributed by atoms with Crippen molar-refractivity contribution in [1.82, 2.24) is 4.90 Å². The molecular formula is C14H20N2. The van der Waals surface area contributed by atoms with Crippen molar-refractivity contribution < 1.29 is 0 Å². The lowest BCUT2D eigenvalue weighted by Gasteiger charge is -2.14. The van der Waals surface area contributed by atoms with Crippen LogP contribution in [0.25, 0.3) is 0 Å². The summed E-state index contributed by atoms with van der Waals surface area (Å²) in [4.78, 5) is 2.54. The Hall–Kier alpha value is -0.860. The molecule has 1 saturated carbocycles. The minimum atomic E-state index is 0.425. The van der Waals surface area contributed by atoms with Crippen LogP contribution in [-0.4, -0.2) is 30.6 Å². The van der Waals surface area contributed by atoms with Crippen LogP contribution in [0.5, 0.6) is 0 Å². The zero-order valence-electron chi connectivity index (χ0n) is 9.68. The van der Waals surface area contributed by atoms with E-state index in [0.29, 0.717) is 6.04 Å². The summed E-state index contributed by atoms with van der Waals surface area (Å²) in [7, 11) is 0. The second-order valence-corrected chi connectivity index (χ2v) is 5.32. The van der Waals surface area contributed by atoms with E-state index in [2.05, 4.69) is 35.2 Å². The minimum absolute atomic E-state index is 0.425. The first-order valence-electron chi connectivity index (χ1n) is 6.36. The first-order valence-corrected chi connectivity index (χ1v) is 6.36. The van der Waals surface area contributed by atoms with Crippen LogP contribution < -0.4 is 5.73 Å². The summed E-state index contributed by atoms with van der Waals surface area (Å²) in [6, 6.07) is 11.3. The van der Waals surface area contributed by atoms with Crippen molar-refractivity contribution in [2.75, 3.05) is 19.6 Å². The van der Waals surface area contributed by atoms with Crippen LogP contribution >= 0.6 is 0 Å². The molecule has 1 aliphatic carbocycles. The molecule has 2 heteroatoms. The Bertz CT molecular complexity index is 349. The molecule has 0 spiro atoms. The van der Waals surface area contributed by atoms with Gasteiger partial charge in [-0.15, -0.1) is 0 Å². The van der Waals surface area contributed by atoms with Crippen LogP contribution in [0.3, 0.4) is 0 Å². The van der Waals surface area contributed by atoms with E-state index < -0.39 is 0 Å². The van der Waals surface area contributed by atoms with Crippen molar-refractivity contribution in [3.05, 3.63) is 35.9 Å². The van der Waals surface area contributed by atoms with Crippen LogP contribution in [0.2, 0.25) is 0 Å². The predicted octanol–water partition coefficient (Wildman–Crippen LogP) is 1.82. The fraction of sp³-hybridized carbons (Fsp3) is 0.571. The molecule has 2 nitrogen and oxygen atoms in total. The molecule has 1 aliphatic heterocycles. The van der Waals surface area contributed by atoms with E-state index in [-0.39, 0.29) is 0 Å². The zero-order valence-corrected chi connectivity index (χ0v) is 9.68. The molecule has 3 unspecified atom stereocenters. The van der Waals surface area contributed by atoms with Crippen molar-refractivity contribution in [3.63, 3.8) is 0 Å². The Morgan fingerprint density at radius 3 is 2.75 bits per heavy atom. The van der Waals surface area contributed by atoms with Gasteiger partial charge in [-0.05, 0) is 36.8 Å². The largest absolute Gasteiger partial charge is 0.326 e. The monoisotopic (exact) mass is 216 g/mol. The van der Waals surface area contributed by atoms with Gasteiger partial charge < -0.3 is 10.6 Å². The van der Waals surface area contributed by atoms with Crippen LogP contribution in [0.15, 0.2) is 30.3 Å². The Balaban J connectivity index is 1.53. The molecule has 0 radical (unpaired) electrons. The maximum Gasteiger partial charge on any atom is 0.0180 e. The molecule has 1 aromatic carbocycles. The number of benzene rings is 1. The van der Waals surface area contributed by atoms with Crippen molar-refractivity contribution in [1.29, 1.82) is 0 Å². The maximum absolute atomic E-state index is 5.93. The quantitative estimate of drug-likeness (QED) is 0.835. The standard InChI is InChI=1S/C14H20N2/c15-13-6-7-16(10-13)9-12-8-14(12)11-4-2-1-3-5-11/h1-5,12-14H,6-10,15H2. The number of hydrogen-bond donors (Lipinski definition) is 1. The highest BCUT2D eigenvalue weighted by atomic mass is 15.2. The third-order valence-electron chi connectivity index (χ3n) is 3.95. The Labute approximate surface area is 97.4 Å². The molecular weight excluding hydrogens is 196 g/mol. The fourth-order valence-electron chi connectivity index (χ4n) is 2.92. The van der Waals surface area contributed by atoms with Crippen LogP contribution in [-0.2, 0) is 0 Å². The maximum atomic E-state index is 5.93. The molecule has 86 valence electrons. The van der Waals surface area contributed by atoms with E-state index in [1.807, 2.05) is 0 Å². The number of nitrogens with zero attached hydrogens (tertiary/aromatic N) is 1. The van der Waals surface area contributed by atoms with Crippen molar-refractivity contribution in [3.8, 4) is 0 Å². The van der Waals surface area contributed by atoms with E-state index in [4.69, 9.17) is 5.73 Å². The number of rotatable bonds is 3. The summed E-state index contributed by atoms with van der Waals surface area (Å²) in [5.41, 5.74) is 7.45. The summed E-state index contributed by atoms with van der Waals surface area (Å²) in [6.45, 7) is 3.57. The van der Waals surface area contributed by atoms with Gasteiger partial charge in [0.2, 0.25) is 0 Å². The van der Waals surface area contributed by atoms with E-state index in [1.54, 1.807) is 0 Å². The van der Waals surface area contributed by atoms with E-state index in [1.165, 1.54) is 31.5 Å². The van der Waals surface area contributed by atoms with Crippen molar-refractivity contribution >= 4 is 0 Å². The average Bonchev–Trinajstić information content (AvgIpc) is 2.95. The molecule has 2 N–H and O–H groups in total. The second-order valence-electron chi connectivity index (χ2n) is 5.32. The fourth-order valence-corrected chi connectivity index (χ4v) is 2.92. The van der Waals surface area contributed by atoms with Crippen molar-refractivity contribution in [2.45, 2.75) is 24.8 Å². The highest BCUT2D eigenvalue weighted by molar-refractivity contribution is 5.25. The van der Waals surface area contributed by atoms with E-state index in [9.17, 15) is 0 Å². The number of likely N-dealkylation sites (tertiary alicyclic amines) is 1. The Morgan fingerprint density at radius 1 is 1.25 bits per heavy atom. The van der Waals surface area contributed by atoms with E-state index >= 15 is 0 Å². The number of nitrogens with two attached hydrogens (primary N) is 1. The Morgan fingerprint density at radius 2 is 2.06 bits per heavy atom. The highest BCUT2D eigenvalue weighted by Crippen LogP contribution is 2.47. The minimum Gasteiger partial charge on any atom is -0.326 e. The average molecular weight is 216 g/mol. The first kappa shape index (κ1) is 10.3. The van der Waals surface area contributed by atoms with Gasteiger partial charge in [-0.3, -0.25) is 0 Å². The van der Waals surface area contributed by atoms with Gasteiger partial charge in [-0.2, -0.15) is 0 Å². The van der Waals surface area contributed by atoms with Crippen molar-refractivity contribution in [2.24, 2.45) is 11.7 Å². The lowest BCUT2D eigenvalue weighted by Crippen LogP contribution is -2.28. The summed E-state index contributed by atoms with van der Waals surface area (Å²) >= 11 is 0. The first-order chi connectivity index (χ1) is 7.83. The molecule has 1 aromatic rings. The molecule has 0 bridgehead atoms. The Kier molecular flexibility index (Phi) is 2.70. The smallest absolute Gasteiger partial charge is 0.0180 e. The zero-order chi connectivity index (χ0) is 11.0. The van der Waals surface area contributed by atoms with Gasteiger partial charge >= 0.3 is 0 Å². The van der Waals surface area contributed by atoms with Gasteiger partial charge in [0.1, 0.15) is 0 Å². The van der Waals surface area contributed by atoms with Gasteiger partial charge in [0.15, 0.2) is 0 Å². The summed E-state index contributed by atoms with van der Waals surface area (Å²) < 4.78 is 0. The molecule has 2 aliphatic rings. The molecule has 16 heavy (non-hydrogen) atoms. The second kappa shape index (κ2) is 4.19. The molecule has 3 rings (SSSR count). The normalized spacial score (nSPS) is 34.2. The van der Waals surface area contributed by atoms with Gasteiger partial charge in [0.25, 0.3) is 0 Å². The van der Waals surface area contributed by atoms with Crippen LogP contribution in [0.1, 0.15) is 24.3 Å². The third-order valence-corrected chi connectivity index (χ3v) is 3.95. The van der Waals surface area contributed by atoms with Gasteiger partial charge in [-0.1, -0.05) is 30.3 Å². The van der Waals surface area contributed by atoms with Gasteiger partial charge in [-0.25, -0.2) is 0 Å². The lowest BCUT2D eigenvalue weighted by atomic mass is 10.1. The van der Waals surface area contributed by atoms with E-state index in [0.717, 1.165) is 18.4 Å². The van der Waals surface area contributed by atoms with Gasteiger partial charge in [0.05, 0.1) is 0 Å². The van der Waals surface area contributed by atoms with Gasteiger partial charge in [0, 0.05) is 19.1 Å². The molecule has 1 saturated heterocycles. The van der Waals surface area contributed by atoms with Crippen LogP contribution in [0.4, 0.5) is 0 Å².